The van der Waals surface area contributed by atoms with Crippen LogP contribution in [0.15, 0.2) is 41.0 Å². The highest BCUT2D eigenvalue weighted by atomic mass is 79.9. The molecule has 0 saturated heterocycles. The second kappa shape index (κ2) is 5.31. The molecule has 0 spiro atoms. The largest absolute Gasteiger partial charge is 0.320 e. The Morgan fingerprint density at radius 3 is 2.67 bits per heavy atom. The molecule has 1 heterocycles. The van der Waals surface area contributed by atoms with Crippen molar-refractivity contribution in [1.29, 1.82) is 0 Å². The Balaban J connectivity index is 2.21. The van der Waals surface area contributed by atoms with E-state index >= 15 is 0 Å². The minimum Gasteiger partial charge on any atom is -0.320 e. The van der Waals surface area contributed by atoms with Crippen LogP contribution in [0, 0.1) is 13.8 Å². The van der Waals surface area contributed by atoms with Gasteiger partial charge in [0, 0.05) is 5.56 Å². The van der Waals surface area contributed by atoms with Crippen molar-refractivity contribution in [2.45, 2.75) is 13.8 Å². The van der Waals surface area contributed by atoms with Gasteiger partial charge in [-0.25, -0.2) is 4.98 Å². The number of nitrogens with zero attached hydrogens (tertiary/aromatic N) is 1. The summed E-state index contributed by atoms with van der Waals surface area (Å²) >= 11 is 3.29. The molecule has 92 valence electrons. The van der Waals surface area contributed by atoms with Gasteiger partial charge in [0.25, 0.3) is 5.91 Å². The molecule has 0 unspecified atom stereocenters. The van der Waals surface area contributed by atoms with Gasteiger partial charge in [0.1, 0.15) is 4.60 Å². The Morgan fingerprint density at radius 2 is 2.00 bits per heavy atom. The predicted octanol–water partition coefficient (Wildman–Crippen LogP) is 3.71. The zero-order valence-electron chi connectivity index (χ0n) is 10.2. The Kier molecular flexibility index (Phi) is 3.77. The van der Waals surface area contributed by atoms with E-state index in [-0.39, 0.29) is 5.91 Å². The number of carbonyl (C=O) groups excluding carboxylic acids is 1. The summed E-state index contributed by atoms with van der Waals surface area (Å²) in [5.74, 6) is -0.120. The van der Waals surface area contributed by atoms with Gasteiger partial charge in [0.2, 0.25) is 0 Å². The van der Waals surface area contributed by atoms with Crippen LogP contribution in [0.25, 0.3) is 0 Å². The quantitative estimate of drug-likeness (QED) is 0.859. The molecule has 2 aromatic rings. The maximum atomic E-state index is 12.1. The van der Waals surface area contributed by atoms with Crippen molar-refractivity contribution in [3.05, 3.63) is 57.8 Å². The fraction of sp³-hybridized carbons (Fsp3) is 0.143. The number of aryl methyl sites for hydroxylation is 2. The molecule has 0 aliphatic carbocycles. The number of amides is 1. The van der Waals surface area contributed by atoms with Crippen LogP contribution < -0.4 is 5.32 Å². The predicted molar refractivity (Wildman–Crippen MR) is 75.8 cm³/mol. The van der Waals surface area contributed by atoms with E-state index < -0.39 is 0 Å². The first-order valence-electron chi connectivity index (χ1n) is 5.57. The van der Waals surface area contributed by atoms with Crippen LogP contribution in [0.5, 0.6) is 0 Å². The molecule has 0 aliphatic heterocycles. The third-order valence-electron chi connectivity index (χ3n) is 2.58. The standard InChI is InChI=1S/C14H13BrN2O/c1-9-4-3-5-11(8-9)14(18)17-12-6-7-13(15)16-10(12)2/h3-8H,1-2H3,(H,17,18). The zero-order chi connectivity index (χ0) is 13.1. The van der Waals surface area contributed by atoms with Gasteiger partial charge in [0.15, 0.2) is 0 Å². The van der Waals surface area contributed by atoms with Crippen molar-refractivity contribution < 1.29 is 4.79 Å². The Morgan fingerprint density at radius 1 is 1.22 bits per heavy atom. The molecule has 0 saturated carbocycles. The number of halogens is 1. The van der Waals surface area contributed by atoms with Crippen LogP contribution in [0.2, 0.25) is 0 Å². The summed E-state index contributed by atoms with van der Waals surface area (Å²) in [6, 6.07) is 11.1. The summed E-state index contributed by atoms with van der Waals surface area (Å²) in [6.07, 6.45) is 0. The second-order valence-electron chi connectivity index (χ2n) is 4.09. The van der Waals surface area contributed by atoms with Crippen LogP contribution >= 0.6 is 15.9 Å². The number of anilines is 1. The molecule has 2 rings (SSSR count). The highest BCUT2D eigenvalue weighted by Crippen LogP contribution is 2.17. The number of hydrogen-bond donors (Lipinski definition) is 1. The topological polar surface area (TPSA) is 42.0 Å². The first-order valence-corrected chi connectivity index (χ1v) is 6.37. The molecule has 0 bridgehead atoms. The second-order valence-corrected chi connectivity index (χ2v) is 4.90. The number of carbonyl (C=O) groups is 1. The van der Waals surface area contributed by atoms with Gasteiger partial charge in [0.05, 0.1) is 11.4 Å². The first-order chi connectivity index (χ1) is 8.56. The van der Waals surface area contributed by atoms with Crippen LogP contribution in [0.3, 0.4) is 0 Å². The number of rotatable bonds is 2. The van der Waals surface area contributed by atoms with Gasteiger partial charge in [-0.1, -0.05) is 17.7 Å². The van der Waals surface area contributed by atoms with Crippen molar-refractivity contribution in [2.75, 3.05) is 5.32 Å². The van der Waals surface area contributed by atoms with Gasteiger partial charge in [-0.15, -0.1) is 0 Å². The lowest BCUT2D eigenvalue weighted by molar-refractivity contribution is 0.102. The lowest BCUT2D eigenvalue weighted by Crippen LogP contribution is -2.13. The fourth-order valence-corrected chi connectivity index (χ4v) is 2.04. The van der Waals surface area contributed by atoms with Crippen LogP contribution in [-0.2, 0) is 0 Å². The minimum atomic E-state index is -0.120. The summed E-state index contributed by atoms with van der Waals surface area (Å²) in [5, 5.41) is 2.86. The van der Waals surface area contributed by atoms with Crippen molar-refractivity contribution in [3.63, 3.8) is 0 Å². The Hall–Kier alpha value is -1.68. The highest BCUT2D eigenvalue weighted by Gasteiger charge is 2.08. The van der Waals surface area contributed by atoms with Crippen molar-refractivity contribution in [3.8, 4) is 0 Å². The van der Waals surface area contributed by atoms with Gasteiger partial charge in [-0.2, -0.15) is 0 Å². The molecule has 1 aromatic carbocycles. The average Bonchev–Trinajstić information content (AvgIpc) is 2.32. The van der Waals surface area contributed by atoms with E-state index in [4.69, 9.17) is 0 Å². The molecule has 1 aromatic heterocycles. The highest BCUT2D eigenvalue weighted by molar-refractivity contribution is 9.10. The van der Waals surface area contributed by atoms with E-state index in [9.17, 15) is 4.79 Å². The van der Waals surface area contributed by atoms with E-state index in [1.807, 2.05) is 38.1 Å². The summed E-state index contributed by atoms with van der Waals surface area (Å²) in [6.45, 7) is 3.82. The number of pyridine rings is 1. The zero-order valence-corrected chi connectivity index (χ0v) is 11.8. The van der Waals surface area contributed by atoms with Crippen molar-refractivity contribution in [1.82, 2.24) is 4.98 Å². The van der Waals surface area contributed by atoms with Crippen LogP contribution in [-0.4, -0.2) is 10.9 Å². The number of benzene rings is 1. The van der Waals surface area contributed by atoms with Crippen LogP contribution in [0.1, 0.15) is 21.6 Å². The summed E-state index contributed by atoms with van der Waals surface area (Å²) in [5.41, 5.74) is 3.22. The number of aromatic nitrogens is 1. The molecule has 0 aliphatic rings. The Labute approximate surface area is 114 Å². The van der Waals surface area contributed by atoms with E-state index in [0.717, 1.165) is 21.5 Å². The summed E-state index contributed by atoms with van der Waals surface area (Å²) < 4.78 is 0.758. The van der Waals surface area contributed by atoms with Gasteiger partial charge in [-0.3, -0.25) is 4.79 Å². The van der Waals surface area contributed by atoms with E-state index in [0.29, 0.717) is 5.56 Å². The molecule has 1 N–H and O–H groups in total. The van der Waals surface area contributed by atoms with Crippen LogP contribution in [0.4, 0.5) is 5.69 Å². The molecule has 3 nitrogen and oxygen atoms in total. The van der Waals surface area contributed by atoms with Gasteiger partial charge in [-0.05, 0) is 54.0 Å². The van der Waals surface area contributed by atoms with Gasteiger partial charge >= 0.3 is 0 Å². The van der Waals surface area contributed by atoms with Crippen molar-refractivity contribution >= 4 is 27.5 Å². The molecule has 0 atom stereocenters. The van der Waals surface area contributed by atoms with Crippen molar-refractivity contribution in [2.24, 2.45) is 0 Å². The fourth-order valence-electron chi connectivity index (χ4n) is 1.64. The smallest absolute Gasteiger partial charge is 0.255 e. The average molecular weight is 305 g/mol. The lowest BCUT2D eigenvalue weighted by Gasteiger charge is -2.08. The number of nitrogens with one attached hydrogen (secondary N) is 1. The summed E-state index contributed by atoms with van der Waals surface area (Å²) in [7, 11) is 0. The molecule has 1 amide bonds. The maximum absolute atomic E-state index is 12.1. The SMILES string of the molecule is Cc1cccc(C(=O)Nc2ccc(Br)nc2C)c1. The maximum Gasteiger partial charge on any atom is 0.255 e. The number of hydrogen-bond acceptors (Lipinski definition) is 2. The first kappa shape index (κ1) is 12.8. The molecule has 0 radical (unpaired) electrons. The van der Waals surface area contributed by atoms with Gasteiger partial charge < -0.3 is 5.32 Å². The molecular formula is C14H13BrN2O. The Bertz CT molecular complexity index is 596. The third-order valence-corrected chi connectivity index (χ3v) is 3.02. The summed E-state index contributed by atoms with van der Waals surface area (Å²) in [4.78, 5) is 16.3. The molecule has 0 fully saturated rings. The lowest BCUT2D eigenvalue weighted by atomic mass is 10.1. The van der Waals surface area contributed by atoms with E-state index in [2.05, 4.69) is 26.2 Å². The third kappa shape index (κ3) is 2.96. The van der Waals surface area contributed by atoms with E-state index in [1.54, 1.807) is 12.1 Å². The normalized spacial score (nSPS) is 10.2. The molecular weight excluding hydrogens is 292 g/mol. The minimum absolute atomic E-state index is 0.120. The van der Waals surface area contributed by atoms with E-state index in [1.165, 1.54) is 0 Å². The monoisotopic (exact) mass is 304 g/mol. The molecule has 4 heteroatoms. The molecule has 18 heavy (non-hydrogen) atoms.